The number of furan rings is 1. The third-order valence-electron chi connectivity index (χ3n) is 9.56. The molecule has 7 aromatic carbocycles. The van der Waals surface area contributed by atoms with E-state index in [0.717, 1.165) is 86.9 Å². The van der Waals surface area contributed by atoms with Crippen LogP contribution in [0.15, 0.2) is 160 Å². The molecule has 0 unspecified atom stereocenters. The molecular weight excluding hydrogens is 675 g/mol. The lowest BCUT2D eigenvalue weighted by atomic mass is 10.0. The summed E-state index contributed by atoms with van der Waals surface area (Å²) in [4.78, 5) is 25.4. The van der Waals surface area contributed by atoms with Crippen molar-refractivity contribution in [1.82, 2.24) is 24.9 Å². The molecule has 0 saturated heterocycles. The van der Waals surface area contributed by atoms with Crippen molar-refractivity contribution < 1.29 is 8.83 Å². The second-order valence-electron chi connectivity index (χ2n) is 12.9. The highest BCUT2D eigenvalue weighted by atomic mass is 32.1. The van der Waals surface area contributed by atoms with E-state index in [2.05, 4.69) is 60.7 Å². The second kappa shape index (κ2) is 11.8. The summed E-state index contributed by atoms with van der Waals surface area (Å²) in [5.74, 6) is 2.14. The fourth-order valence-corrected chi connectivity index (χ4v) is 7.99. The average molecular weight is 700 g/mol. The summed E-state index contributed by atoms with van der Waals surface area (Å²) in [5, 5.41) is 5.09. The van der Waals surface area contributed by atoms with Gasteiger partial charge < -0.3 is 8.83 Å². The summed E-state index contributed by atoms with van der Waals surface area (Å²) in [5.41, 5.74) is 8.28. The largest absolute Gasteiger partial charge is 0.456 e. The number of para-hydroxylation sites is 4. The monoisotopic (exact) mass is 699 g/mol. The Labute approximate surface area is 305 Å². The maximum absolute atomic E-state index is 6.31. The Hall–Kier alpha value is -7.03. The van der Waals surface area contributed by atoms with Crippen LogP contribution in [0, 0.1) is 0 Å². The Morgan fingerprint density at radius 1 is 0.415 bits per heavy atom. The molecule has 7 nitrogen and oxygen atoms in total. The van der Waals surface area contributed by atoms with E-state index in [1.807, 2.05) is 91.0 Å². The molecule has 53 heavy (non-hydrogen) atoms. The smallest absolute Gasteiger partial charge is 0.227 e. The van der Waals surface area contributed by atoms with Crippen LogP contribution in [0.3, 0.4) is 0 Å². The number of nitrogens with zero attached hydrogens (tertiary/aromatic N) is 5. The predicted molar refractivity (Wildman–Crippen MR) is 213 cm³/mol. The van der Waals surface area contributed by atoms with Crippen LogP contribution in [0.1, 0.15) is 0 Å². The first kappa shape index (κ1) is 29.7. The molecular formula is C45H25N5O2S. The highest BCUT2D eigenvalue weighted by molar-refractivity contribution is 7.21. The number of thiazole rings is 1. The molecule has 4 aromatic heterocycles. The van der Waals surface area contributed by atoms with Gasteiger partial charge in [0.15, 0.2) is 23.1 Å². The summed E-state index contributed by atoms with van der Waals surface area (Å²) in [6.07, 6.45) is 0. The molecule has 0 saturated carbocycles. The Kier molecular flexibility index (Phi) is 6.59. The van der Waals surface area contributed by atoms with Gasteiger partial charge in [0.25, 0.3) is 0 Å². The third-order valence-corrected chi connectivity index (χ3v) is 10.6. The normalized spacial score (nSPS) is 11.8. The molecule has 0 aliphatic heterocycles. The Balaban J connectivity index is 1.18. The predicted octanol–water partition coefficient (Wildman–Crippen LogP) is 12.0. The van der Waals surface area contributed by atoms with Gasteiger partial charge in [0.1, 0.15) is 21.7 Å². The molecule has 11 aromatic rings. The van der Waals surface area contributed by atoms with Crippen LogP contribution in [-0.2, 0) is 0 Å². The molecule has 0 N–H and O–H groups in total. The number of aromatic nitrogens is 5. The lowest BCUT2D eigenvalue weighted by Gasteiger charge is -2.11. The van der Waals surface area contributed by atoms with Gasteiger partial charge in [-0.1, -0.05) is 91.0 Å². The summed E-state index contributed by atoms with van der Waals surface area (Å²) < 4.78 is 13.7. The second-order valence-corrected chi connectivity index (χ2v) is 13.9. The first-order chi connectivity index (χ1) is 26.2. The van der Waals surface area contributed by atoms with Gasteiger partial charge in [-0.15, -0.1) is 11.3 Å². The first-order valence-electron chi connectivity index (χ1n) is 17.2. The van der Waals surface area contributed by atoms with Gasteiger partial charge in [-0.3, -0.25) is 0 Å². The van der Waals surface area contributed by atoms with Gasteiger partial charge in [-0.2, -0.15) is 0 Å². The summed E-state index contributed by atoms with van der Waals surface area (Å²) >= 11 is 1.64. The van der Waals surface area contributed by atoms with Crippen molar-refractivity contribution >= 4 is 65.4 Å². The number of rotatable bonds is 5. The van der Waals surface area contributed by atoms with E-state index in [1.54, 1.807) is 11.3 Å². The standard InChI is InChI=1S/C45H25N5O2S/c1-2-11-27-22-28(21-20-26(27)10-1)41-48-42(50-43(49-41)33-13-9-18-38-40(33)32-12-3-6-16-36(32)51-38)29-23-30(44-46-34-14-4-7-17-37(34)52-44)25-31(24-29)45-47-35-15-5-8-19-39(35)53-45/h1-25H. The van der Waals surface area contributed by atoms with E-state index in [0.29, 0.717) is 23.4 Å². The SMILES string of the molecule is c1ccc2cc(-c3nc(-c4cc(-c5nc6ccccc6o5)cc(-c5nc6ccccc6s5)c4)nc(-c4cccc5oc6ccccc6c45)n3)ccc2c1. The van der Waals surface area contributed by atoms with E-state index in [1.165, 1.54) is 0 Å². The van der Waals surface area contributed by atoms with E-state index in [9.17, 15) is 0 Å². The topological polar surface area (TPSA) is 90.7 Å². The fourth-order valence-electron chi connectivity index (χ4n) is 7.04. The van der Waals surface area contributed by atoms with Crippen molar-refractivity contribution in [2.75, 3.05) is 0 Å². The molecule has 0 atom stereocenters. The number of benzene rings is 7. The van der Waals surface area contributed by atoms with Crippen LogP contribution in [-0.4, -0.2) is 24.9 Å². The summed E-state index contributed by atoms with van der Waals surface area (Å²) in [7, 11) is 0. The van der Waals surface area contributed by atoms with Gasteiger partial charge in [0.05, 0.1) is 10.2 Å². The van der Waals surface area contributed by atoms with Crippen LogP contribution < -0.4 is 0 Å². The molecule has 0 fully saturated rings. The van der Waals surface area contributed by atoms with E-state index in [-0.39, 0.29) is 0 Å². The van der Waals surface area contributed by atoms with Crippen molar-refractivity contribution in [2.45, 2.75) is 0 Å². The van der Waals surface area contributed by atoms with Crippen LogP contribution in [0.4, 0.5) is 0 Å². The van der Waals surface area contributed by atoms with E-state index in [4.69, 9.17) is 33.8 Å². The number of fused-ring (bicyclic) bond motifs is 6. The van der Waals surface area contributed by atoms with Crippen molar-refractivity contribution in [3.63, 3.8) is 0 Å². The van der Waals surface area contributed by atoms with Crippen LogP contribution >= 0.6 is 11.3 Å². The van der Waals surface area contributed by atoms with Gasteiger partial charge in [0, 0.05) is 38.6 Å². The van der Waals surface area contributed by atoms with Gasteiger partial charge >= 0.3 is 0 Å². The third kappa shape index (κ3) is 5.07. The Morgan fingerprint density at radius 3 is 2.00 bits per heavy atom. The van der Waals surface area contributed by atoms with Gasteiger partial charge in [-0.25, -0.2) is 24.9 Å². The van der Waals surface area contributed by atoms with Crippen molar-refractivity contribution in [2.24, 2.45) is 0 Å². The molecule has 8 heteroatoms. The molecule has 0 bridgehead atoms. The van der Waals surface area contributed by atoms with Crippen molar-refractivity contribution in [1.29, 1.82) is 0 Å². The zero-order chi connectivity index (χ0) is 34.9. The minimum Gasteiger partial charge on any atom is -0.456 e. The zero-order valence-corrected chi connectivity index (χ0v) is 28.7. The molecule has 0 aliphatic carbocycles. The Bertz CT molecular complexity index is 3060. The summed E-state index contributed by atoms with van der Waals surface area (Å²) in [6.45, 7) is 0. The minimum absolute atomic E-state index is 0.508. The lowest BCUT2D eigenvalue weighted by Crippen LogP contribution is -2.01. The van der Waals surface area contributed by atoms with Crippen LogP contribution in [0.2, 0.25) is 0 Å². The average Bonchev–Trinajstić information content (AvgIpc) is 3.96. The maximum atomic E-state index is 6.31. The van der Waals surface area contributed by atoms with Crippen LogP contribution in [0.5, 0.6) is 0 Å². The lowest BCUT2D eigenvalue weighted by molar-refractivity contribution is 0.620. The number of hydrogen-bond donors (Lipinski definition) is 0. The molecule has 248 valence electrons. The van der Waals surface area contributed by atoms with Crippen molar-refractivity contribution in [3.05, 3.63) is 152 Å². The van der Waals surface area contributed by atoms with Crippen LogP contribution in [0.25, 0.3) is 110 Å². The number of oxazole rings is 1. The molecule has 0 aliphatic rings. The molecule has 0 spiro atoms. The van der Waals surface area contributed by atoms with Gasteiger partial charge in [0.2, 0.25) is 5.89 Å². The molecule has 0 amide bonds. The summed E-state index contributed by atoms with van der Waals surface area (Å²) in [6, 6.07) is 50.9. The number of hydrogen-bond acceptors (Lipinski definition) is 8. The van der Waals surface area contributed by atoms with Gasteiger partial charge in [-0.05, 0) is 71.4 Å². The Morgan fingerprint density at radius 2 is 1.11 bits per heavy atom. The van der Waals surface area contributed by atoms with E-state index >= 15 is 0 Å². The molecule has 0 radical (unpaired) electrons. The highest BCUT2D eigenvalue weighted by Gasteiger charge is 2.20. The molecule has 4 heterocycles. The minimum atomic E-state index is 0.508. The molecule has 11 rings (SSSR count). The zero-order valence-electron chi connectivity index (χ0n) is 27.9. The fraction of sp³-hybridized carbons (Fsp3) is 0. The van der Waals surface area contributed by atoms with E-state index < -0.39 is 0 Å². The highest BCUT2D eigenvalue weighted by Crippen LogP contribution is 2.39. The van der Waals surface area contributed by atoms with Crippen molar-refractivity contribution in [3.8, 4) is 56.2 Å². The maximum Gasteiger partial charge on any atom is 0.227 e. The quantitative estimate of drug-likeness (QED) is 0.177. The first-order valence-corrected chi connectivity index (χ1v) is 18.1.